The third-order valence-electron chi connectivity index (χ3n) is 13.8. The van der Waals surface area contributed by atoms with E-state index in [1.165, 1.54) is 6.92 Å². The third-order valence-corrected chi connectivity index (χ3v) is 14.3. The van der Waals surface area contributed by atoms with Gasteiger partial charge in [-0.25, -0.2) is 9.48 Å². The van der Waals surface area contributed by atoms with Gasteiger partial charge in [-0.3, -0.25) is 4.79 Å². The highest BCUT2D eigenvalue weighted by molar-refractivity contribution is 9.10. The summed E-state index contributed by atoms with van der Waals surface area (Å²) in [7, 11) is 0. The number of halogens is 1. The molecule has 4 aliphatic rings. The minimum absolute atomic E-state index is 0.0263. The van der Waals surface area contributed by atoms with Crippen LogP contribution in [-0.4, -0.2) is 55.5 Å². The van der Waals surface area contributed by atoms with E-state index >= 15 is 0 Å². The van der Waals surface area contributed by atoms with Crippen molar-refractivity contribution in [3.8, 4) is 0 Å². The van der Waals surface area contributed by atoms with Gasteiger partial charge < -0.3 is 19.7 Å². The number of aliphatic hydroxyl groups is 2. The zero-order valence-electron chi connectivity index (χ0n) is 31.3. The van der Waals surface area contributed by atoms with Gasteiger partial charge in [-0.2, -0.15) is 0 Å². The van der Waals surface area contributed by atoms with Crippen molar-refractivity contribution in [1.82, 2.24) is 15.0 Å². The molecule has 4 fully saturated rings. The molecule has 0 spiro atoms. The number of esters is 2. The van der Waals surface area contributed by atoms with Gasteiger partial charge in [-0.05, 0) is 128 Å². The largest absolute Gasteiger partial charge is 0.458 e. The molecule has 6 rings (SSSR count). The summed E-state index contributed by atoms with van der Waals surface area (Å²) < 4.78 is 14.9. The molecule has 0 saturated heterocycles. The van der Waals surface area contributed by atoms with Crippen LogP contribution in [0.15, 0.2) is 57.7 Å². The molecule has 278 valence electrons. The van der Waals surface area contributed by atoms with Crippen LogP contribution in [0.25, 0.3) is 0 Å². The minimum atomic E-state index is -0.592. The van der Waals surface area contributed by atoms with E-state index in [9.17, 15) is 19.8 Å². The van der Waals surface area contributed by atoms with Crippen molar-refractivity contribution in [3.05, 3.63) is 69.0 Å². The lowest BCUT2D eigenvalue weighted by Gasteiger charge is -2.69. The van der Waals surface area contributed by atoms with Gasteiger partial charge in [0.25, 0.3) is 0 Å². The zero-order chi connectivity index (χ0) is 36.9. The number of fused-ring (bicyclic) bond motifs is 5. The summed E-state index contributed by atoms with van der Waals surface area (Å²) in [6, 6.07) is 7.99. The number of nitrogens with zero attached hydrogens (tertiary/aromatic N) is 3. The van der Waals surface area contributed by atoms with Crippen molar-refractivity contribution in [2.45, 2.75) is 131 Å². The molecule has 10 heteroatoms. The highest BCUT2D eigenvalue weighted by Gasteiger charge is 2.70. The lowest BCUT2D eigenvalue weighted by Crippen LogP contribution is -2.65. The number of aliphatic hydroxyl groups excluding tert-OH is 2. The van der Waals surface area contributed by atoms with E-state index < -0.39 is 18.2 Å². The maximum atomic E-state index is 14.3. The Hall–Kier alpha value is -2.82. The summed E-state index contributed by atoms with van der Waals surface area (Å²) in [5, 5.41) is 31.6. The van der Waals surface area contributed by atoms with Crippen LogP contribution < -0.4 is 0 Å². The fourth-order valence-electron chi connectivity index (χ4n) is 11.3. The van der Waals surface area contributed by atoms with Crippen molar-refractivity contribution < 1.29 is 29.3 Å². The van der Waals surface area contributed by atoms with Crippen LogP contribution in [0.2, 0.25) is 0 Å². The van der Waals surface area contributed by atoms with Crippen molar-refractivity contribution in [1.29, 1.82) is 0 Å². The molecule has 4 saturated carbocycles. The number of aromatic nitrogens is 3. The van der Waals surface area contributed by atoms with Crippen LogP contribution in [0.3, 0.4) is 0 Å². The van der Waals surface area contributed by atoms with Crippen molar-refractivity contribution in [2.24, 2.45) is 39.9 Å². The van der Waals surface area contributed by atoms with Crippen LogP contribution >= 0.6 is 15.9 Å². The topological polar surface area (TPSA) is 124 Å². The summed E-state index contributed by atoms with van der Waals surface area (Å²) in [4.78, 5) is 27.0. The SMILES string of the molecule is CC(=O)O[C@H]1C[C@@]2(C)[C@@H](C[C@@H](O)[C@H]3[C@@]4(C)CC[C@@H](O)[C@@H](C)[C@@H]4CC[C@@]32C)/C1=C(\CCC=C(C)C)C(=O)OCc1cn(Cc2ccc(Br)cc2)nn1. The van der Waals surface area contributed by atoms with Gasteiger partial charge in [-0.1, -0.05) is 72.6 Å². The van der Waals surface area contributed by atoms with Crippen molar-refractivity contribution >= 4 is 27.9 Å². The van der Waals surface area contributed by atoms with Gasteiger partial charge in [0.05, 0.1) is 24.9 Å². The van der Waals surface area contributed by atoms with Crippen molar-refractivity contribution in [3.63, 3.8) is 0 Å². The Morgan fingerprint density at radius 1 is 1.04 bits per heavy atom. The quantitative estimate of drug-likeness (QED) is 0.151. The average molecular weight is 767 g/mol. The average Bonchev–Trinajstić information content (AvgIpc) is 3.62. The summed E-state index contributed by atoms with van der Waals surface area (Å²) in [5.41, 5.74) is 3.40. The fraction of sp³-hybridized carbons (Fsp3) is 0.659. The Balaban J connectivity index is 1.33. The molecule has 1 aromatic carbocycles. The number of carbonyl (C=O) groups excluding carboxylic acids is 2. The Labute approximate surface area is 311 Å². The summed E-state index contributed by atoms with van der Waals surface area (Å²) in [6.45, 7) is 15.2. The minimum Gasteiger partial charge on any atom is -0.458 e. The first-order valence-electron chi connectivity index (χ1n) is 18.8. The van der Waals surface area contributed by atoms with Gasteiger partial charge in [0.15, 0.2) is 0 Å². The number of hydrogen-bond donors (Lipinski definition) is 2. The number of rotatable bonds is 9. The molecule has 0 amide bonds. The number of ether oxygens (including phenoxy) is 2. The first-order valence-corrected chi connectivity index (χ1v) is 19.6. The first kappa shape index (κ1) is 37.9. The van der Waals surface area contributed by atoms with Crippen molar-refractivity contribution in [2.75, 3.05) is 0 Å². The molecule has 0 bridgehead atoms. The molecule has 4 aliphatic carbocycles. The van der Waals surface area contributed by atoms with Gasteiger partial charge in [0.2, 0.25) is 0 Å². The van der Waals surface area contributed by atoms with E-state index in [0.717, 1.165) is 46.9 Å². The van der Waals surface area contributed by atoms with Crippen LogP contribution in [-0.2, 0) is 32.2 Å². The predicted octanol–water partition coefficient (Wildman–Crippen LogP) is 7.73. The molecule has 2 N–H and O–H groups in total. The Bertz CT molecular complexity index is 1680. The Kier molecular flexibility index (Phi) is 10.8. The second-order valence-corrected chi connectivity index (χ2v) is 17.9. The van der Waals surface area contributed by atoms with E-state index in [1.54, 1.807) is 10.9 Å². The second-order valence-electron chi connectivity index (χ2n) is 17.0. The van der Waals surface area contributed by atoms with Crippen LogP contribution in [0.4, 0.5) is 0 Å². The highest BCUT2D eigenvalue weighted by Crippen LogP contribution is 2.74. The predicted molar refractivity (Wildman–Crippen MR) is 198 cm³/mol. The number of benzene rings is 1. The summed E-state index contributed by atoms with van der Waals surface area (Å²) in [5.74, 6) is -0.449. The Morgan fingerprint density at radius 3 is 2.45 bits per heavy atom. The normalized spacial score (nSPS) is 36.7. The first-order chi connectivity index (χ1) is 24.1. The maximum Gasteiger partial charge on any atom is 0.334 e. The Morgan fingerprint density at radius 2 is 1.76 bits per heavy atom. The molecule has 2 aromatic rings. The van der Waals surface area contributed by atoms with Gasteiger partial charge in [-0.15, -0.1) is 5.10 Å². The van der Waals surface area contributed by atoms with E-state index in [0.29, 0.717) is 49.4 Å². The fourth-order valence-corrected chi connectivity index (χ4v) is 11.5. The maximum absolute atomic E-state index is 14.3. The third kappa shape index (κ3) is 7.01. The van der Waals surface area contributed by atoms with Crippen LogP contribution in [0.5, 0.6) is 0 Å². The molecular weight excluding hydrogens is 710 g/mol. The van der Waals surface area contributed by atoms with Gasteiger partial charge in [0.1, 0.15) is 18.4 Å². The van der Waals surface area contributed by atoms with Gasteiger partial charge in [0, 0.05) is 17.0 Å². The van der Waals surface area contributed by atoms with Crippen LogP contribution in [0.1, 0.15) is 111 Å². The molecule has 1 heterocycles. The van der Waals surface area contributed by atoms with Gasteiger partial charge >= 0.3 is 11.9 Å². The molecular formula is C41H56BrN3O6. The standard InChI is InChI=1S/C41H56BrN3O6/c1-24(2)9-8-10-30(38(49)50-23-29-22-45(44-43-29)21-27-11-13-28(42)14-12-27)36-32-19-34(48)37-39(5)17-16-33(47)25(3)31(39)15-18-40(37,6)41(32,7)20-35(36)51-26(4)46/h9,11-14,22,25,31-35,37,47-48H,8,10,15-21,23H2,1-7H3/b36-30-/t25-,31-,32-,33+,34+,35-,37-,39-,40-,41-/m0/s1. The molecule has 1 aromatic heterocycles. The monoisotopic (exact) mass is 765 g/mol. The summed E-state index contributed by atoms with van der Waals surface area (Å²) in [6.07, 6.45) is 8.09. The molecule has 0 unspecified atom stereocenters. The van der Waals surface area contributed by atoms with E-state index in [2.05, 4.69) is 60.0 Å². The van der Waals surface area contributed by atoms with Crippen LogP contribution in [0, 0.1) is 39.9 Å². The molecule has 9 nitrogen and oxygen atoms in total. The zero-order valence-corrected chi connectivity index (χ0v) is 32.9. The molecule has 0 aliphatic heterocycles. The second kappa shape index (κ2) is 14.5. The lowest BCUT2D eigenvalue weighted by molar-refractivity contribution is -0.234. The molecule has 0 radical (unpaired) electrons. The van der Waals surface area contributed by atoms with E-state index in [4.69, 9.17) is 9.47 Å². The number of carbonyl (C=O) groups is 2. The summed E-state index contributed by atoms with van der Waals surface area (Å²) >= 11 is 3.47. The highest BCUT2D eigenvalue weighted by atomic mass is 79.9. The molecule has 10 atom stereocenters. The molecule has 51 heavy (non-hydrogen) atoms. The number of allylic oxidation sites excluding steroid dienone is 2. The lowest BCUT2D eigenvalue weighted by atomic mass is 9.36. The number of hydrogen-bond acceptors (Lipinski definition) is 8. The smallest absolute Gasteiger partial charge is 0.334 e. The van der Waals surface area contributed by atoms with E-state index in [1.807, 2.05) is 38.1 Å². The van der Waals surface area contributed by atoms with E-state index in [-0.39, 0.29) is 52.7 Å².